The fraction of sp³-hybridized carbons (Fsp3) is 0.296. The molecule has 4 rings (SSSR count). The predicted molar refractivity (Wildman–Crippen MR) is 132 cm³/mol. The van der Waals surface area contributed by atoms with E-state index in [-0.39, 0.29) is 30.2 Å². The summed E-state index contributed by atoms with van der Waals surface area (Å²) >= 11 is 0. The maximum absolute atomic E-state index is 12.7. The van der Waals surface area contributed by atoms with Gasteiger partial charge in [0.1, 0.15) is 22.7 Å². The van der Waals surface area contributed by atoms with Crippen LogP contribution in [0.3, 0.4) is 0 Å². The molecule has 0 bridgehead atoms. The molecule has 1 amide bonds. The van der Waals surface area contributed by atoms with Crippen molar-refractivity contribution in [2.75, 3.05) is 12.4 Å². The topological polar surface area (TPSA) is 120 Å². The number of aliphatic hydroxyl groups is 1. The predicted octanol–water partition coefficient (Wildman–Crippen LogP) is 4.05. The lowest BCUT2D eigenvalue weighted by Gasteiger charge is -2.43. The number of nitrogens with zero attached hydrogens (tertiary/aromatic N) is 1. The Bertz CT molecular complexity index is 1240. The summed E-state index contributed by atoms with van der Waals surface area (Å²) in [6.45, 7) is 3.02. The van der Waals surface area contributed by atoms with Gasteiger partial charge in [-0.25, -0.2) is 0 Å². The standard InChI is InChI=1S/C27H28N2O7/c1-26(2)25(31)27(29(32)33,35-17-19-7-5-4-6-8-19)22-16-20(11-14-23(22)36-26)28-24(30)15-18-9-12-21(34-3)13-10-18/h4-14,16,25,31H,15,17H2,1-3H3,(H,28,30)/t25-,27-/m0/s1. The number of methoxy groups -OCH3 is 1. The second-order valence-electron chi connectivity index (χ2n) is 9.12. The van der Waals surface area contributed by atoms with Gasteiger partial charge in [0, 0.05) is 5.69 Å². The van der Waals surface area contributed by atoms with E-state index in [0.717, 1.165) is 5.56 Å². The zero-order valence-electron chi connectivity index (χ0n) is 20.3. The molecule has 0 saturated carbocycles. The summed E-state index contributed by atoms with van der Waals surface area (Å²) in [6, 6.07) is 20.6. The molecule has 3 aromatic carbocycles. The smallest absolute Gasteiger partial charge is 0.385 e. The lowest BCUT2D eigenvalue weighted by molar-refractivity contribution is -0.663. The molecule has 9 heteroatoms. The minimum Gasteiger partial charge on any atom is -0.497 e. The summed E-state index contributed by atoms with van der Waals surface area (Å²) < 4.78 is 17.0. The monoisotopic (exact) mass is 492 g/mol. The third kappa shape index (κ3) is 4.89. The van der Waals surface area contributed by atoms with E-state index in [4.69, 9.17) is 14.2 Å². The zero-order valence-corrected chi connectivity index (χ0v) is 20.3. The van der Waals surface area contributed by atoms with Crippen LogP contribution < -0.4 is 14.8 Å². The second-order valence-corrected chi connectivity index (χ2v) is 9.12. The number of aliphatic hydroxyl groups excluding tert-OH is 1. The SMILES string of the molecule is COc1ccc(CC(=O)Nc2ccc3c(c2)[C@@](OCc2ccccc2)([N+](=O)[O-])[C@@H](O)C(C)(C)O3)cc1. The Morgan fingerprint density at radius 3 is 2.42 bits per heavy atom. The van der Waals surface area contributed by atoms with Gasteiger partial charge in [0.15, 0.2) is 6.10 Å². The molecule has 0 saturated heterocycles. The molecule has 3 aromatic rings. The van der Waals surface area contributed by atoms with Crippen LogP contribution in [0.25, 0.3) is 0 Å². The van der Waals surface area contributed by atoms with Gasteiger partial charge in [0.25, 0.3) is 0 Å². The fourth-order valence-corrected chi connectivity index (χ4v) is 4.24. The summed E-state index contributed by atoms with van der Waals surface area (Å²) in [4.78, 5) is 24.6. The van der Waals surface area contributed by atoms with Crippen LogP contribution in [0.15, 0.2) is 72.8 Å². The van der Waals surface area contributed by atoms with Crippen LogP contribution in [0.4, 0.5) is 5.69 Å². The Morgan fingerprint density at radius 2 is 1.78 bits per heavy atom. The van der Waals surface area contributed by atoms with Gasteiger partial charge in [-0.3, -0.25) is 14.9 Å². The van der Waals surface area contributed by atoms with E-state index in [1.807, 2.05) is 6.07 Å². The van der Waals surface area contributed by atoms with E-state index < -0.39 is 22.4 Å². The maximum atomic E-state index is 12.7. The first-order valence-electron chi connectivity index (χ1n) is 11.4. The van der Waals surface area contributed by atoms with Crippen molar-refractivity contribution in [3.8, 4) is 11.5 Å². The molecule has 1 heterocycles. The van der Waals surface area contributed by atoms with Crippen molar-refractivity contribution in [3.05, 3.63) is 99.6 Å². The van der Waals surface area contributed by atoms with Crippen LogP contribution in [0.1, 0.15) is 30.5 Å². The lowest BCUT2D eigenvalue weighted by atomic mass is 9.83. The number of carbonyl (C=O) groups is 1. The molecule has 0 aliphatic carbocycles. The largest absolute Gasteiger partial charge is 0.497 e. The van der Waals surface area contributed by atoms with Crippen molar-refractivity contribution >= 4 is 11.6 Å². The summed E-state index contributed by atoms with van der Waals surface area (Å²) in [6.07, 6.45) is -1.54. The van der Waals surface area contributed by atoms with Crippen LogP contribution in [0.2, 0.25) is 0 Å². The zero-order chi connectivity index (χ0) is 25.9. The number of anilines is 1. The van der Waals surface area contributed by atoms with E-state index in [1.165, 1.54) is 12.1 Å². The Morgan fingerprint density at radius 1 is 1.08 bits per heavy atom. The van der Waals surface area contributed by atoms with Crippen LogP contribution in [-0.2, 0) is 28.3 Å². The van der Waals surface area contributed by atoms with Crippen LogP contribution in [-0.4, -0.2) is 34.8 Å². The molecule has 0 fully saturated rings. The van der Waals surface area contributed by atoms with Gasteiger partial charge in [-0.1, -0.05) is 42.5 Å². The van der Waals surface area contributed by atoms with Crippen molar-refractivity contribution in [3.63, 3.8) is 0 Å². The third-order valence-electron chi connectivity index (χ3n) is 6.15. The number of ether oxygens (including phenoxy) is 3. The highest BCUT2D eigenvalue weighted by molar-refractivity contribution is 5.92. The van der Waals surface area contributed by atoms with Crippen molar-refractivity contribution < 1.29 is 29.0 Å². The normalized spacial score (nSPS) is 20.1. The van der Waals surface area contributed by atoms with Crippen molar-refractivity contribution in [2.24, 2.45) is 0 Å². The Hall–Kier alpha value is -3.95. The molecule has 0 unspecified atom stereocenters. The summed E-state index contributed by atoms with van der Waals surface area (Å²) in [5, 5.41) is 26.5. The number of hydrogen-bond acceptors (Lipinski definition) is 7. The third-order valence-corrected chi connectivity index (χ3v) is 6.15. The molecule has 188 valence electrons. The summed E-state index contributed by atoms with van der Waals surface area (Å²) in [5.74, 6) is 0.569. The molecule has 0 radical (unpaired) electrons. The second kappa shape index (κ2) is 9.96. The van der Waals surface area contributed by atoms with Crippen molar-refractivity contribution in [1.29, 1.82) is 0 Å². The highest BCUT2D eigenvalue weighted by atomic mass is 16.7. The molecule has 36 heavy (non-hydrogen) atoms. The first kappa shape index (κ1) is 25.2. The highest BCUT2D eigenvalue weighted by Crippen LogP contribution is 2.47. The van der Waals surface area contributed by atoms with Gasteiger partial charge in [-0.15, -0.1) is 0 Å². The number of fused-ring (bicyclic) bond motifs is 1. The average molecular weight is 493 g/mol. The molecular weight excluding hydrogens is 464 g/mol. The van der Waals surface area contributed by atoms with Crippen molar-refractivity contribution in [2.45, 2.75) is 44.3 Å². The highest BCUT2D eigenvalue weighted by Gasteiger charge is 2.64. The fourth-order valence-electron chi connectivity index (χ4n) is 4.24. The number of nitro groups is 1. The number of hydrogen-bond donors (Lipinski definition) is 2. The summed E-state index contributed by atoms with van der Waals surface area (Å²) in [7, 11) is 1.56. The molecular formula is C27H28N2O7. The van der Waals surface area contributed by atoms with Crippen molar-refractivity contribution in [1.82, 2.24) is 0 Å². The number of rotatable bonds is 8. The van der Waals surface area contributed by atoms with Gasteiger partial charge in [-0.2, -0.15) is 0 Å². The van der Waals surface area contributed by atoms with E-state index in [0.29, 0.717) is 17.0 Å². The lowest BCUT2D eigenvalue weighted by Crippen LogP contribution is -2.62. The molecule has 0 spiro atoms. The average Bonchev–Trinajstić information content (AvgIpc) is 2.85. The molecule has 2 atom stereocenters. The minimum atomic E-state index is -2.32. The van der Waals surface area contributed by atoms with Crippen LogP contribution in [0, 0.1) is 10.1 Å². The molecule has 1 aliphatic heterocycles. The maximum Gasteiger partial charge on any atom is 0.385 e. The molecule has 0 aromatic heterocycles. The first-order valence-corrected chi connectivity index (χ1v) is 11.4. The van der Waals surface area contributed by atoms with Crippen LogP contribution in [0.5, 0.6) is 11.5 Å². The molecule has 2 N–H and O–H groups in total. The Labute approximate surface area is 208 Å². The quantitative estimate of drug-likeness (QED) is 0.276. The van der Waals surface area contributed by atoms with Gasteiger partial charge >= 0.3 is 5.72 Å². The Kier molecular flexibility index (Phi) is 6.96. The van der Waals surface area contributed by atoms with Crippen LogP contribution >= 0.6 is 0 Å². The number of nitrogens with one attached hydrogen (secondary N) is 1. The van der Waals surface area contributed by atoms with E-state index in [9.17, 15) is 20.0 Å². The summed E-state index contributed by atoms with van der Waals surface area (Å²) in [5.41, 5.74) is -1.80. The molecule has 1 aliphatic rings. The van der Waals surface area contributed by atoms with Gasteiger partial charge in [0.05, 0.1) is 25.1 Å². The number of amides is 1. The Balaban J connectivity index is 1.65. The van der Waals surface area contributed by atoms with E-state index >= 15 is 0 Å². The van der Waals surface area contributed by atoms with E-state index in [1.54, 1.807) is 75.6 Å². The minimum absolute atomic E-state index is 0.0255. The van der Waals surface area contributed by atoms with Gasteiger partial charge in [-0.05, 0) is 55.3 Å². The van der Waals surface area contributed by atoms with Gasteiger partial charge < -0.3 is 24.6 Å². The first-order chi connectivity index (χ1) is 17.2. The van der Waals surface area contributed by atoms with Gasteiger partial charge in [0.2, 0.25) is 5.91 Å². The molecule has 9 nitrogen and oxygen atoms in total. The number of carbonyl (C=O) groups excluding carboxylic acids is 1. The van der Waals surface area contributed by atoms with E-state index in [2.05, 4.69) is 5.32 Å². The number of benzene rings is 3.